The Morgan fingerprint density at radius 2 is 1.69 bits per heavy atom. The van der Waals surface area contributed by atoms with Crippen molar-refractivity contribution in [2.24, 2.45) is 0 Å². The number of nitrogens with zero attached hydrogens (tertiary/aromatic N) is 2. The van der Waals surface area contributed by atoms with Gasteiger partial charge in [0.25, 0.3) is 5.91 Å². The molecule has 154 valence electrons. The van der Waals surface area contributed by atoms with Crippen LogP contribution in [0.3, 0.4) is 0 Å². The largest absolute Gasteiger partial charge is 0.508 e. The predicted molar refractivity (Wildman–Crippen MR) is 113 cm³/mol. The van der Waals surface area contributed by atoms with Crippen LogP contribution in [0.2, 0.25) is 0 Å². The standard InChI is InChI=1S/C24H30N2O3/c1-15(2)20-11-21(23(28)12-22(20)27)24(29)26-13-18-5-4-17(10-19(18)14-26)16-6-8-25(3)9-7-16/h4-5,10-12,15-16,27-28H,6-9,13-14H2,1-3H3. The highest BCUT2D eigenvalue weighted by Gasteiger charge is 2.28. The highest BCUT2D eigenvalue weighted by atomic mass is 16.3. The van der Waals surface area contributed by atoms with Gasteiger partial charge in [-0.25, -0.2) is 0 Å². The molecule has 2 aromatic rings. The van der Waals surface area contributed by atoms with Crippen LogP contribution in [0.4, 0.5) is 0 Å². The third-order valence-corrected chi connectivity index (χ3v) is 6.43. The summed E-state index contributed by atoms with van der Waals surface area (Å²) in [6.45, 7) is 7.29. The van der Waals surface area contributed by atoms with Crippen molar-refractivity contribution >= 4 is 5.91 Å². The number of benzene rings is 2. The molecule has 2 aliphatic heterocycles. The highest BCUT2D eigenvalue weighted by Crippen LogP contribution is 2.35. The highest BCUT2D eigenvalue weighted by molar-refractivity contribution is 5.97. The molecule has 0 spiro atoms. The van der Waals surface area contributed by atoms with Gasteiger partial charge in [0, 0.05) is 19.2 Å². The van der Waals surface area contributed by atoms with Gasteiger partial charge in [0.05, 0.1) is 5.56 Å². The summed E-state index contributed by atoms with van der Waals surface area (Å²) >= 11 is 0. The van der Waals surface area contributed by atoms with Gasteiger partial charge in [-0.2, -0.15) is 0 Å². The molecule has 4 rings (SSSR count). The van der Waals surface area contributed by atoms with E-state index in [4.69, 9.17) is 0 Å². The molecule has 5 heteroatoms. The molecule has 0 saturated carbocycles. The van der Waals surface area contributed by atoms with E-state index in [2.05, 4.69) is 30.1 Å². The van der Waals surface area contributed by atoms with Crippen molar-refractivity contribution in [3.8, 4) is 11.5 Å². The Bertz CT molecular complexity index is 930. The molecule has 2 heterocycles. The maximum atomic E-state index is 13.1. The molecule has 1 fully saturated rings. The lowest BCUT2D eigenvalue weighted by molar-refractivity contribution is 0.0748. The molecule has 2 aromatic carbocycles. The van der Waals surface area contributed by atoms with Gasteiger partial charge in [0.15, 0.2) is 0 Å². The van der Waals surface area contributed by atoms with Gasteiger partial charge in [-0.05, 0) is 73.1 Å². The van der Waals surface area contributed by atoms with Gasteiger partial charge in [0.2, 0.25) is 0 Å². The summed E-state index contributed by atoms with van der Waals surface area (Å²) in [7, 11) is 2.17. The van der Waals surface area contributed by atoms with Crippen molar-refractivity contribution in [3.63, 3.8) is 0 Å². The number of fused-ring (bicyclic) bond motifs is 1. The fourth-order valence-electron chi connectivity index (χ4n) is 4.55. The zero-order chi connectivity index (χ0) is 20.7. The molecule has 29 heavy (non-hydrogen) atoms. The average Bonchev–Trinajstić information content (AvgIpc) is 3.11. The number of amides is 1. The van der Waals surface area contributed by atoms with Crippen molar-refractivity contribution in [3.05, 3.63) is 58.1 Å². The van der Waals surface area contributed by atoms with Crippen LogP contribution in [0, 0.1) is 0 Å². The first-order chi connectivity index (χ1) is 13.8. The number of phenols is 2. The number of carbonyl (C=O) groups is 1. The zero-order valence-electron chi connectivity index (χ0n) is 17.5. The number of likely N-dealkylation sites (tertiary alicyclic amines) is 1. The molecule has 2 aliphatic rings. The molecular weight excluding hydrogens is 364 g/mol. The lowest BCUT2D eigenvalue weighted by Gasteiger charge is -2.29. The number of hydrogen-bond acceptors (Lipinski definition) is 4. The fourth-order valence-corrected chi connectivity index (χ4v) is 4.55. The summed E-state index contributed by atoms with van der Waals surface area (Å²) in [5.74, 6) is 0.328. The van der Waals surface area contributed by atoms with Crippen LogP contribution in [0.25, 0.3) is 0 Å². The van der Waals surface area contributed by atoms with E-state index in [0.29, 0.717) is 24.6 Å². The van der Waals surface area contributed by atoms with Crippen LogP contribution in [-0.2, 0) is 13.1 Å². The normalized spacial score (nSPS) is 17.7. The Morgan fingerprint density at radius 1 is 1.00 bits per heavy atom. The number of hydrogen-bond donors (Lipinski definition) is 2. The molecule has 0 unspecified atom stereocenters. The van der Waals surface area contributed by atoms with Gasteiger partial charge >= 0.3 is 0 Å². The minimum absolute atomic E-state index is 0.0292. The van der Waals surface area contributed by atoms with Crippen LogP contribution >= 0.6 is 0 Å². The second kappa shape index (κ2) is 7.71. The van der Waals surface area contributed by atoms with Crippen LogP contribution in [0.1, 0.15) is 71.1 Å². The summed E-state index contributed by atoms with van der Waals surface area (Å²) < 4.78 is 0. The number of carbonyl (C=O) groups excluding carboxylic acids is 1. The van der Waals surface area contributed by atoms with E-state index >= 15 is 0 Å². The van der Waals surface area contributed by atoms with Gasteiger partial charge in [0.1, 0.15) is 11.5 Å². The van der Waals surface area contributed by atoms with Gasteiger partial charge in [-0.15, -0.1) is 0 Å². The number of rotatable bonds is 3. The molecule has 0 aliphatic carbocycles. The second-order valence-corrected chi connectivity index (χ2v) is 8.85. The molecule has 0 atom stereocenters. The van der Waals surface area contributed by atoms with Gasteiger partial charge in [-0.1, -0.05) is 32.0 Å². The molecule has 0 bridgehead atoms. The summed E-state index contributed by atoms with van der Waals surface area (Å²) in [5.41, 5.74) is 4.69. The summed E-state index contributed by atoms with van der Waals surface area (Å²) in [6.07, 6.45) is 2.36. The van der Waals surface area contributed by atoms with E-state index < -0.39 is 0 Å². The van der Waals surface area contributed by atoms with E-state index in [1.165, 1.54) is 35.6 Å². The lowest BCUT2D eigenvalue weighted by Crippen LogP contribution is -2.29. The fraction of sp³-hybridized carbons (Fsp3) is 0.458. The Balaban J connectivity index is 1.54. The summed E-state index contributed by atoms with van der Waals surface area (Å²) in [5, 5.41) is 20.3. The Labute approximate surface area is 172 Å². The number of piperidine rings is 1. The summed E-state index contributed by atoms with van der Waals surface area (Å²) in [4.78, 5) is 17.3. The Hall–Kier alpha value is -2.53. The van der Waals surface area contributed by atoms with Gasteiger partial charge in [-0.3, -0.25) is 4.79 Å². The number of phenolic OH excluding ortho intramolecular Hbond substituents is 2. The van der Waals surface area contributed by atoms with Crippen molar-refractivity contribution in [2.45, 2.75) is 51.6 Å². The van der Waals surface area contributed by atoms with Crippen molar-refractivity contribution in [1.82, 2.24) is 9.80 Å². The van der Waals surface area contributed by atoms with Crippen LogP contribution in [0.5, 0.6) is 11.5 Å². The molecule has 1 saturated heterocycles. The zero-order valence-corrected chi connectivity index (χ0v) is 17.5. The predicted octanol–water partition coefficient (Wildman–Crippen LogP) is 4.19. The molecule has 2 N–H and O–H groups in total. The van der Waals surface area contributed by atoms with Crippen LogP contribution < -0.4 is 0 Å². The van der Waals surface area contributed by atoms with Crippen molar-refractivity contribution < 1.29 is 15.0 Å². The second-order valence-electron chi connectivity index (χ2n) is 8.85. The van der Waals surface area contributed by atoms with E-state index in [-0.39, 0.29) is 28.9 Å². The maximum Gasteiger partial charge on any atom is 0.258 e. The monoisotopic (exact) mass is 394 g/mol. The molecular formula is C24H30N2O3. The van der Waals surface area contributed by atoms with E-state index in [1.54, 1.807) is 11.0 Å². The van der Waals surface area contributed by atoms with Gasteiger partial charge < -0.3 is 20.0 Å². The van der Waals surface area contributed by atoms with Crippen molar-refractivity contribution in [2.75, 3.05) is 20.1 Å². The van der Waals surface area contributed by atoms with Crippen LogP contribution in [0.15, 0.2) is 30.3 Å². The molecule has 0 radical (unpaired) electrons. The van der Waals surface area contributed by atoms with E-state index in [9.17, 15) is 15.0 Å². The average molecular weight is 395 g/mol. The minimum Gasteiger partial charge on any atom is -0.508 e. The Morgan fingerprint density at radius 3 is 2.38 bits per heavy atom. The smallest absolute Gasteiger partial charge is 0.258 e. The van der Waals surface area contributed by atoms with Crippen molar-refractivity contribution in [1.29, 1.82) is 0 Å². The Kier molecular flexibility index (Phi) is 5.26. The summed E-state index contributed by atoms with van der Waals surface area (Å²) in [6, 6.07) is 9.56. The SMILES string of the molecule is CC(C)c1cc(C(=O)N2Cc3ccc(C4CCN(C)CC4)cc3C2)c(O)cc1O. The first kappa shape index (κ1) is 19.8. The van der Waals surface area contributed by atoms with E-state index in [0.717, 1.165) is 13.1 Å². The van der Waals surface area contributed by atoms with Crippen LogP contribution in [-0.4, -0.2) is 46.1 Å². The topological polar surface area (TPSA) is 64.0 Å². The van der Waals surface area contributed by atoms with E-state index in [1.807, 2.05) is 13.8 Å². The minimum atomic E-state index is -0.193. The third-order valence-electron chi connectivity index (χ3n) is 6.43. The lowest BCUT2D eigenvalue weighted by atomic mass is 9.88. The quantitative estimate of drug-likeness (QED) is 0.819. The first-order valence-electron chi connectivity index (χ1n) is 10.5. The number of aromatic hydroxyl groups is 2. The third kappa shape index (κ3) is 3.84. The molecule has 1 amide bonds. The maximum absolute atomic E-state index is 13.1. The molecule has 5 nitrogen and oxygen atoms in total. The first-order valence-corrected chi connectivity index (χ1v) is 10.5. The molecule has 0 aromatic heterocycles.